The lowest BCUT2D eigenvalue weighted by Gasteiger charge is -2.15. The molecule has 0 aliphatic carbocycles. The van der Waals surface area contributed by atoms with Crippen molar-refractivity contribution in [1.82, 2.24) is 0 Å². The normalized spacial score (nSPS) is 13.4. The number of ether oxygens (including phenoxy) is 2. The largest absolute Gasteiger partial charge is 0.462 e. The van der Waals surface area contributed by atoms with Crippen LogP contribution in [-0.4, -0.2) is 36.4 Å². The molecule has 1 atom stereocenters. The van der Waals surface area contributed by atoms with Crippen molar-refractivity contribution in [3.05, 3.63) is 146 Å². The summed E-state index contributed by atoms with van der Waals surface area (Å²) in [6.07, 6.45) is 86.7. The predicted octanol–water partition coefficient (Wildman–Crippen LogP) is 18.6. The molecular weight excluding hydrogens is 837 g/mol. The quantitative estimate of drug-likeness (QED) is 0.0374. The Hall–Kier alpha value is -4.22. The fourth-order valence-corrected chi connectivity index (χ4v) is 7.02. The van der Waals surface area contributed by atoms with Crippen molar-refractivity contribution in [2.45, 2.75) is 225 Å². The summed E-state index contributed by atoms with van der Waals surface area (Å²) in [5, 5.41) is 9.61. The summed E-state index contributed by atoms with van der Waals surface area (Å²) in [7, 11) is 0. The van der Waals surface area contributed by atoms with E-state index in [0.717, 1.165) is 122 Å². The van der Waals surface area contributed by atoms with Gasteiger partial charge in [-0.05, 0) is 122 Å². The van der Waals surface area contributed by atoms with Gasteiger partial charge in [0.2, 0.25) is 0 Å². The van der Waals surface area contributed by atoms with Crippen LogP contribution in [0.1, 0.15) is 219 Å². The molecule has 0 bridgehead atoms. The first-order valence-electron chi connectivity index (χ1n) is 27.4. The molecule has 0 saturated heterocycles. The predicted molar refractivity (Wildman–Crippen MR) is 297 cm³/mol. The number of aliphatic hydroxyl groups is 1. The smallest absolute Gasteiger partial charge is 0.306 e. The zero-order valence-corrected chi connectivity index (χ0v) is 43.6. The molecule has 0 aromatic rings. The molecule has 0 amide bonds. The van der Waals surface area contributed by atoms with Gasteiger partial charge in [0.25, 0.3) is 0 Å². The van der Waals surface area contributed by atoms with Crippen LogP contribution in [0, 0.1) is 0 Å². The molecule has 0 rings (SSSR count). The molecule has 0 spiro atoms. The number of esters is 2. The van der Waals surface area contributed by atoms with Crippen molar-refractivity contribution < 1.29 is 24.2 Å². The molecule has 0 aromatic heterocycles. The first-order valence-corrected chi connectivity index (χ1v) is 27.4. The Balaban J connectivity index is 3.64. The van der Waals surface area contributed by atoms with Crippen LogP contribution in [-0.2, 0) is 19.1 Å². The Labute approximate surface area is 418 Å². The number of aliphatic hydroxyl groups excluding tert-OH is 1. The van der Waals surface area contributed by atoms with Gasteiger partial charge in [-0.1, -0.05) is 230 Å². The molecular formula is C63H100O5. The van der Waals surface area contributed by atoms with Crippen LogP contribution in [0.4, 0.5) is 0 Å². The number of carbonyl (C=O) groups is 2. The van der Waals surface area contributed by atoms with E-state index in [0.29, 0.717) is 12.8 Å². The highest BCUT2D eigenvalue weighted by Crippen LogP contribution is 2.13. The van der Waals surface area contributed by atoms with E-state index in [1.165, 1.54) is 70.6 Å². The first-order chi connectivity index (χ1) is 33.6. The molecule has 1 N–H and O–H groups in total. The Bertz CT molecular complexity index is 1480. The fourth-order valence-electron chi connectivity index (χ4n) is 7.02. The van der Waals surface area contributed by atoms with Crippen molar-refractivity contribution in [2.75, 3.05) is 13.2 Å². The van der Waals surface area contributed by atoms with Gasteiger partial charge < -0.3 is 14.6 Å². The van der Waals surface area contributed by atoms with E-state index in [1.54, 1.807) is 0 Å². The zero-order chi connectivity index (χ0) is 49.2. The van der Waals surface area contributed by atoms with Crippen LogP contribution >= 0.6 is 0 Å². The Morgan fingerprint density at radius 3 is 0.971 bits per heavy atom. The molecule has 0 heterocycles. The van der Waals surface area contributed by atoms with Gasteiger partial charge in [-0.15, -0.1) is 0 Å². The molecule has 382 valence electrons. The SMILES string of the molecule is CC/C=C\C/C=C\C/C=C\C/C=C\C/C=C\C/C=C\C/C=C\C/C=C\C/C=C\C/C=C\C/C=C\CCCCCCCCCC(=O)OC(CO)COC(=O)CCCCCCC/C=C\CCCCCC. The minimum Gasteiger partial charge on any atom is -0.462 e. The lowest BCUT2D eigenvalue weighted by Crippen LogP contribution is -2.28. The van der Waals surface area contributed by atoms with Crippen molar-refractivity contribution in [3.8, 4) is 0 Å². The summed E-state index contributed by atoms with van der Waals surface area (Å²) in [6, 6.07) is 0. The zero-order valence-electron chi connectivity index (χ0n) is 43.6. The van der Waals surface area contributed by atoms with E-state index in [-0.39, 0.29) is 25.2 Å². The van der Waals surface area contributed by atoms with Gasteiger partial charge in [-0.3, -0.25) is 9.59 Å². The Kier molecular flexibility index (Phi) is 53.6. The standard InChI is InChI=1S/C63H100O5/c1-3-5-7-9-11-13-15-17-18-19-20-21-22-23-24-25-26-27-28-29-30-31-32-33-34-35-36-37-38-39-40-41-42-43-44-46-48-50-52-54-56-58-63(66)68-61(59-64)60-67-62(65)57-55-53-51-49-47-45-16-14-12-10-8-6-4-2/h5,7,11,13-14,16-18,20-21,23-24,26-27,29-30,32-33,35-36,38-39,41-42,61,64H,3-4,6,8-10,12,15,19,22,25,28,31,34,37,40,43-60H2,1-2H3/b7-5-,13-11-,16-14-,18-17-,21-20-,24-23-,27-26-,30-29-,33-32-,36-35-,39-38-,42-41-. The maximum absolute atomic E-state index is 12.3. The highest BCUT2D eigenvalue weighted by atomic mass is 16.6. The molecule has 0 aromatic carbocycles. The van der Waals surface area contributed by atoms with Gasteiger partial charge in [-0.25, -0.2) is 0 Å². The third-order valence-corrected chi connectivity index (χ3v) is 11.1. The van der Waals surface area contributed by atoms with Crippen LogP contribution in [0.15, 0.2) is 146 Å². The third-order valence-electron chi connectivity index (χ3n) is 11.1. The van der Waals surface area contributed by atoms with Crippen molar-refractivity contribution in [2.24, 2.45) is 0 Å². The van der Waals surface area contributed by atoms with Gasteiger partial charge in [-0.2, -0.15) is 0 Å². The van der Waals surface area contributed by atoms with E-state index in [9.17, 15) is 14.7 Å². The summed E-state index contributed by atoms with van der Waals surface area (Å²) >= 11 is 0. The van der Waals surface area contributed by atoms with Gasteiger partial charge in [0.15, 0.2) is 6.10 Å². The first kappa shape index (κ1) is 63.8. The van der Waals surface area contributed by atoms with E-state index >= 15 is 0 Å². The van der Waals surface area contributed by atoms with E-state index in [2.05, 4.69) is 160 Å². The van der Waals surface area contributed by atoms with Crippen LogP contribution in [0.25, 0.3) is 0 Å². The average molecular weight is 937 g/mol. The van der Waals surface area contributed by atoms with E-state index < -0.39 is 6.10 Å². The number of carbonyl (C=O) groups excluding carboxylic acids is 2. The molecule has 0 fully saturated rings. The summed E-state index contributed by atoms with van der Waals surface area (Å²) in [5.41, 5.74) is 0. The minimum atomic E-state index is -0.790. The summed E-state index contributed by atoms with van der Waals surface area (Å²) in [4.78, 5) is 24.4. The lowest BCUT2D eigenvalue weighted by atomic mass is 10.1. The minimum absolute atomic E-state index is 0.0822. The number of hydrogen-bond donors (Lipinski definition) is 1. The summed E-state index contributed by atoms with van der Waals surface area (Å²) < 4.78 is 10.6. The number of rotatable bonds is 48. The van der Waals surface area contributed by atoms with Crippen LogP contribution in [0.3, 0.4) is 0 Å². The monoisotopic (exact) mass is 937 g/mol. The Morgan fingerprint density at radius 1 is 0.353 bits per heavy atom. The second kappa shape index (κ2) is 57.1. The highest BCUT2D eigenvalue weighted by Gasteiger charge is 2.16. The molecule has 0 aliphatic rings. The van der Waals surface area contributed by atoms with Crippen molar-refractivity contribution in [1.29, 1.82) is 0 Å². The van der Waals surface area contributed by atoms with Crippen LogP contribution in [0.5, 0.6) is 0 Å². The number of unbranched alkanes of at least 4 members (excludes halogenated alkanes) is 16. The van der Waals surface area contributed by atoms with Gasteiger partial charge in [0.1, 0.15) is 6.61 Å². The Morgan fingerprint density at radius 2 is 0.632 bits per heavy atom. The molecule has 5 nitrogen and oxygen atoms in total. The fraction of sp³-hybridized carbons (Fsp3) is 0.587. The third kappa shape index (κ3) is 54.4. The van der Waals surface area contributed by atoms with Crippen molar-refractivity contribution in [3.63, 3.8) is 0 Å². The molecule has 0 saturated carbocycles. The van der Waals surface area contributed by atoms with E-state index in [1.807, 2.05) is 0 Å². The maximum atomic E-state index is 12.3. The van der Waals surface area contributed by atoms with E-state index in [4.69, 9.17) is 9.47 Å². The highest BCUT2D eigenvalue weighted by molar-refractivity contribution is 5.70. The summed E-state index contributed by atoms with van der Waals surface area (Å²) in [5.74, 6) is -0.623. The van der Waals surface area contributed by atoms with Gasteiger partial charge in [0, 0.05) is 12.8 Å². The molecule has 68 heavy (non-hydrogen) atoms. The average Bonchev–Trinajstić information content (AvgIpc) is 3.34. The lowest BCUT2D eigenvalue weighted by molar-refractivity contribution is -0.161. The van der Waals surface area contributed by atoms with Gasteiger partial charge >= 0.3 is 11.9 Å². The number of allylic oxidation sites excluding steroid dienone is 24. The van der Waals surface area contributed by atoms with Crippen molar-refractivity contribution >= 4 is 11.9 Å². The maximum Gasteiger partial charge on any atom is 0.306 e. The summed E-state index contributed by atoms with van der Waals surface area (Å²) in [6.45, 7) is 3.98. The van der Waals surface area contributed by atoms with Crippen LogP contribution < -0.4 is 0 Å². The van der Waals surface area contributed by atoms with Gasteiger partial charge in [0.05, 0.1) is 6.61 Å². The molecule has 0 radical (unpaired) electrons. The topological polar surface area (TPSA) is 72.8 Å². The molecule has 5 heteroatoms. The van der Waals surface area contributed by atoms with Crippen LogP contribution in [0.2, 0.25) is 0 Å². The molecule has 0 aliphatic heterocycles. The number of hydrogen-bond acceptors (Lipinski definition) is 5. The second-order valence-electron chi connectivity index (χ2n) is 17.6. The molecule has 1 unspecified atom stereocenters. The second-order valence-corrected chi connectivity index (χ2v) is 17.6.